The summed E-state index contributed by atoms with van der Waals surface area (Å²) in [5.41, 5.74) is 5.83. The number of benzene rings is 1. The molecule has 0 fully saturated rings. The van der Waals surface area contributed by atoms with E-state index in [-0.39, 0.29) is 28.7 Å². The van der Waals surface area contributed by atoms with Crippen LogP contribution < -0.4 is 10.5 Å². The molecule has 0 bridgehead atoms. The van der Waals surface area contributed by atoms with Crippen LogP contribution in [0.15, 0.2) is 23.1 Å². The van der Waals surface area contributed by atoms with Gasteiger partial charge in [0.2, 0.25) is 0 Å². The quantitative estimate of drug-likeness (QED) is 0.774. The fourth-order valence-corrected chi connectivity index (χ4v) is 2.20. The third kappa shape index (κ3) is 3.26. The molecule has 0 atom stereocenters. The Balaban J connectivity index is 0.00000225. The molecular weight excluding hydrogens is 254 g/mol. The molecule has 0 heterocycles. The maximum absolute atomic E-state index is 11.5. The predicted octanol–water partition coefficient (Wildman–Crippen LogP) is 0.465. The molecule has 3 N–H and O–H groups in total. The van der Waals surface area contributed by atoms with Crippen molar-refractivity contribution in [3.63, 3.8) is 0 Å². The van der Waals surface area contributed by atoms with Crippen LogP contribution in [0.5, 0.6) is 5.75 Å². The number of hydrogen-bond acceptors (Lipinski definition) is 5. The van der Waals surface area contributed by atoms with Crippen molar-refractivity contribution in [2.45, 2.75) is 4.90 Å². The Morgan fingerprint density at radius 3 is 2.50 bits per heavy atom. The van der Waals surface area contributed by atoms with Crippen LogP contribution >= 0.6 is 12.4 Å². The average molecular weight is 268 g/mol. The SMILES string of the molecule is COc1ccc(S(=O)(=O)CCO)cc1N.Cl. The van der Waals surface area contributed by atoms with Crippen molar-refractivity contribution in [2.75, 3.05) is 25.2 Å². The minimum Gasteiger partial charge on any atom is -0.495 e. The first-order valence-electron chi connectivity index (χ1n) is 4.28. The van der Waals surface area contributed by atoms with Crippen molar-refractivity contribution in [1.82, 2.24) is 0 Å². The van der Waals surface area contributed by atoms with Gasteiger partial charge in [-0.25, -0.2) is 8.42 Å². The molecule has 16 heavy (non-hydrogen) atoms. The normalized spacial score (nSPS) is 10.6. The van der Waals surface area contributed by atoms with E-state index in [9.17, 15) is 8.42 Å². The fraction of sp³-hybridized carbons (Fsp3) is 0.333. The molecule has 1 rings (SSSR count). The van der Waals surface area contributed by atoms with Crippen LogP contribution in [-0.4, -0.2) is 33.0 Å². The van der Waals surface area contributed by atoms with Gasteiger partial charge in [0.25, 0.3) is 0 Å². The van der Waals surface area contributed by atoms with Crippen LogP contribution in [0, 0.1) is 0 Å². The average Bonchev–Trinajstić information content (AvgIpc) is 2.17. The van der Waals surface area contributed by atoms with Gasteiger partial charge in [-0.1, -0.05) is 0 Å². The van der Waals surface area contributed by atoms with Crippen LogP contribution in [-0.2, 0) is 9.84 Å². The number of anilines is 1. The highest BCUT2D eigenvalue weighted by Crippen LogP contribution is 2.24. The Bertz CT molecular complexity index is 447. The molecule has 0 saturated heterocycles. The van der Waals surface area contributed by atoms with E-state index in [1.807, 2.05) is 0 Å². The van der Waals surface area contributed by atoms with Gasteiger partial charge in [0.05, 0.1) is 30.1 Å². The molecule has 0 aromatic heterocycles. The second-order valence-corrected chi connectivity index (χ2v) is 5.06. The van der Waals surface area contributed by atoms with Gasteiger partial charge < -0.3 is 15.6 Å². The van der Waals surface area contributed by atoms with E-state index < -0.39 is 16.4 Å². The maximum atomic E-state index is 11.5. The van der Waals surface area contributed by atoms with Gasteiger partial charge in [-0.05, 0) is 18.2 Å². The number of rotatable bonds is 4. The molecule has 5 nitrogen and oxygen atoms in total. The molecule has 1 aromatic carbocycles. The molecule has 0 radical (unpaired) electrons. The predicted molar refractivity (Wildman–Crippen MR) is 63.8 cm³/mol. The topological polar surface area (TPSA) is 89.6 Å². The van der Waals surface area contributed by atoms with Crippen LogP contribution in [0.4, 0.5) is 5.69 Å². The lowest BCUT2D eigenvalue weighted by atomic mass is 10.3. The molecule has 0 spiro atoms. The molecule has 0 aliphatic carbocycles. The minimum absolute atomic E-state index is 0. The standard InChI is InChI=1S/C9H13NO4S.ClH/c1-14-9-3-2-7(6-8(9)10)15(12,13)5-4-11;/h2-3,6,11H,4-5,10H2,1H3;1H. The molecule has 0 unspecified atom stereocenters. The van der Waals surface area contributed by atoms with Gasteiger partial charge in [-0.3, -0.25) is 0 Å². The summed E-state index contributed by atoms with van der Waals surface area (Å²) in [6.45, 7) is -0.408. The number of hydrogen-bond donors (Lipinski definition) is 2. The van der Waals surface area contributed by atoms with Crippen molar-refractivity contribution < 1.29 is 18.3 Å². The van der Waals surface area contributed by atoms with Gasteiger partial charge >= 0.3 is 0 Å². The summed E-state index contributed by atoms with van der Waals surface area (Å²) in [4.78, 5) is 0.0925. The van der Waals surface area contributed by atoms with Crippen molar-refractivity contribution in [2.24, 2.45) is 0 Å². The molecule has 1 aromatic rings. The summed E-state index contributed by atoms with van der Waals surface area (Å²) >= 11 is 0. The monoisotopic (exact) mass is 267 g/mol. The fourth-order valence-electron chi connectivity index (χ4n) is 1.14. The van der Waals surface area contributed by atoms with Gasteiger partial charge in [0.15, 0.2) is 9.84 Å². The Morgan fingerprint density at radius 2 is 2.06 bits per heavy atom. The molecule has 0 aliphatic heterocycles. The Kier molecular flexibility index (Phi) is 5.57. The van der Waals surface area contributed by atoms with Gasteiger partial charge in [0, 0.05) is 0 Å². The molecule has 0 amide bonds. The van der Waals surface area contributed by atoms with Gasteiger partial charge in [-0.15, -0.1) is 12.4 Å². The molecule has 92 valence electrons. The number of nitrogen functional groups attached to an aromatic ring is 1. The number of methoxy groups -OCH3 is 1. The second kappa shape index (κ2) is 5.93. The van der Waals surface area contributed by atoms with E-state index in [4.69, 9.17) is 15.6 Å². The first-order valence-corrected chi connectivity index (χ1v) is 5.93. The Labute approximate surface area is 101 Å². The van der Waals surface area contributed by atoms with E-state index in [0.29, 0.717) is 5.75 Å². The maximum Gasteiger partial charge on any atom is 0.180 e. The largest absolute Gasteiger partial charge is 0.495 e. The van der Waals surface area contributed by atoms with Gasteiger partial charge in [0.1, 0.15) is 5.75 Å². The van der Waals surface area contributed by atoms with Crippen LogP contribution in [0.3, 0.4) is 0 Å². The lowest BCUT2D eigenvalue weighted by Crippen LogP contribution is -2.10. The van der Waals surface area contributed by atoms with E-state index in [2.05, 4.69) is 0 Å². The van der Waals surface area contributed by atoms with Crippen LogP contribution in [0.25, 0.3) is 0 Å². The van der Waals surface area contributed by atoms with E-state index in [1.165, 1.54) is 25.3 Å². The third-order valence-corrected chi connectivity index (χ3v) is 3.61. The van der Waals surface area contributed by atoms with E-state index in [1.54, 1.807) is 0 Å². The van der Waals surface area contributed by atoms with Crippen molar-refractivity contribution in [3.05, 3.63) is 18.2 Å². The number of aliphatic hydroxyl groups excluding tert-OH is 1. The zero-order valence-electron chi connectivity index (χ0n) is 8.71. The van der Waals surface area contributed by atoms with Crippen LogP contribution in [0.1, 0.15) is 0 Å². The highest BCUT2D eigenvalue weighted by atomic mass is 35.5. The minimum atomic E-state index is -3.44. The first-order chi connectivity index (χ1) is 7.01. The molecule has 0 aliphatic rings. The Morgan fingerprint density at radius 1 is 1.44 bits per heavy atom. The van der Waals surface area contributed by atoms with E-state index >= 15 is 0 Å². The van der Waals surface area contributed by atoms with Crippen molar-refractivity contribution >= 4 is 27.9 Å². The number of nitrogens with two attached hydrogens (primary N) is 1. The summed E-state index contributed by atoms with van der Waals surface area (Å²) in [6.07, 6.45) is 0. The van der Waals surface area contributed by atoms with E-state index in [0.717, 1.165) is 0 Å². The van der Waals surface area contributed by atoms with Crippen molar-refractivity contribution in [3.8, 4) is 5.75 Å². The molecule has 0 saturated carbocycles. The second-order valence-electron chi connectivity index (χ2n) is 2.95. The van der Waals surface area contributed by atoms with Crippen LogP contribution in [0.2, 0.25) is 0 Å². The summed E-state index contributed by atoms with van der Waals surface area (Å²) in [6, 6.07) is 4.21. The summed E-state index contributed by atoms with van der Waals surface area (Å²) in [5, 5.41) is 8.60. The zero-order chi connectivity index (χ0) is 11.5. The Hall–Kier alpha value is -0.980. The molecular formula is C9H14ClNO4S. The highest BCUT2D eigenvalue weighted by molar-refractivity contribution is 7.91. The lowest BCUT2D eigenvalue weighted by molar-refractivity contribution is 0.319. The number of ether oxygens (including phenoxy) is 1. The molecule has 7 heteroatoms. The lowest BCUT2D eigenvalue weighted by Gasteiger charge is -2.07. The summed E-state index contributed by atoms with van der Waals surface area (Å²) < 4.78 is 28.0. The zero-order valence-corrected chi connectivity index (χ0v) is 10.3. The number of sulfone groups is 1. The summed E-state index contributed by atoms with van der Waals surface area (Å²) in [5.74, 6) is 0.122. The number of aliphatic hydroxyl groups is 1. The highest BCUT2D eigenvalue weighted by Gasteiger charge is 2.14. The number of halogens is 1. The summed E-state index contributed by atoms with van der Waals surface area (Å²) in [7, 11) is -1.99. The third-order valence-electron chi connectivity index (χ3n) is 1.92. The van der Waals surface area contributed by atoms with Gasteiger partial charge in [-0.2, -0.15) is 0 Å². The first kappa shape index (κ1) is 15.0. The van der Waals surface area contributed by atoms with Crippen molar-refractivity contribution in [1.29, 1.82) is 0 Å². The smallest absolute Gasteiger partial charge is 0.180 e.